The highest BCUT2D eigenvalue weighted by Gasteiger charge is 2.03. The summed E-state index contributed by atoms with van der Waals surface area (Å²) in [7, 11) is 0. The van der Waals surface area contributed by atoms with E-state index < -0.39 is 6.61 Å². The van der Waals surface area contributed by atoms with Crippen LogP contribution in [0.3, 0.4) is 0 Å². The van der Waals surface area contributed by atoms with Crippen molar-refractivity contribution in [3.05, 3.63) is 59.7 Å². The number of rotatable bonds is 6. The third kappa shape index (κ3) is 4.23. The number of hydrogen-bond donors (Lipinski definition) is 1. The smallest absolute Gasteiger partial charge is 0.387 e. The first-order chi connectivity index (χ1) is 9.67. The lowest BCUT2D eigenvalue weighted by Gasteiger charge is -2.09. The van der Waals surface area contributed by atoms with Gasteiger partial charge in [0.2, 0.25) is 0 Å². The van der Waals surface area contributed by atoms with Crippen LogP contribution in [0.5, 0.6) is 5.75 Å². The van der Waals surface area contributed by atoms with E-state index in [1.54, 1.807) is 24.3 Å². The molecule has 2 nitrogen and oxygen atoms in total. The van der Waals surface area contributed by atoms with Gasteiger partial charge in [0.1, 0.15) is 5.75 Å². The molecule has 2 aromatic carbocycles. The van der Waals surface area contributed by atoms with Gasteiger partial charge >= 0.3 is 6.61 Å². The molecule has 0 aromatic heterocycles. The molecular formula is C16H17F2NO. The van der Waals surface area contributed by atoms with Gasteiger partial charge in [-0.05, 0) is 41.8 Å². The van der Waals surface area contributed by atoms with Crippen LogP contribution < -0.4 is 10.1 Å². The molecule has 0 saturated carbocycles. The first kappa shape index (κ1) is 14.3. The molecule has 2 aromatic rings. The number of hydrogen-bond acceptors (Lipinski definition) is 2. The summed E-state index contributed by atoms with van der Waals surface area (Å²) >= 11 is 0. The van der Waals surface area contributed by atoms with Gasteiger partial charge in [-0.1, -0.05) is 31.2 Å². The molecule has 0 fully saturated rings. The van der Waals surface area contributed by atoms with Gasteiger partial charge in [0.15, 0.2) is 0 Å². The van der Waals surface area contributed by atoms with Crippen LogP contribution in [0.2, 0.25) is 0 Å². The fraction of sp³-hybridized carbons (Fsp3) is 0.250. The summed E-state index contributed by atoms with van der Waals surface area (Å²) in [5.74, 6) is 0.178. The molecule has 1 N–H and O–H groups in total. The van der Waals surface area contributed by atoms with Crippen LogP contribution >= 0.6 is 0 Å². The lowest BCUT2D eigenvalue weighted by molar-refractivity contribution is -0.0498. The number of aryl methyl sites for hydroxylation is 1. The van der Waals surface area contributed by atoms with Crippen molar-refractivity contribution in [1.29, 1.82) is 0 Å². The van der Waals surface area contributed by atoms with Crippen molar-refractivity contribution in [3.63, 3.8) is 0 Å². The summed E-state index contributed by atoms with van der Waals surface area (Å²) in [6.07, 6.45) is 0.995. The zero-order valence-electron chi connectivity index (χ0n) is 11.3. The van der Waals surface area contributed by atoms with Gasteiger partial charge < -0.3 is 10.1 Å². The van der Waals surface area contributed by atoms with Gasteiger partial charge in [-0.25, -0.2) is 0 Å². The molecule has 2 rings (SSSR count). The topological polar surface area (TPSA) is 21.3 Å². The monoisotopic (exact) mass is 277 g/mol. The molecular weight excluding hydrogens is 260 g/mol. The number of nitrogens with one attached hydrogen (secondary N) is 1. The number of benzene rings is 2. The van der Waals surface area contributed by atoms with E-state index in [9.17, 15) is 8.78 Å². The van der Waals surface area contributed by atoms with Crippen molar-refractivity contribution >= 4 is 5.69 Å². The number of halogens is 2. The normalized spacial score (nSPS) is 10.6. The van der Waals surface area contributed by atoms with Crippen LogP contribution in [0.15, 0.2) is 48.5 Å². The molecule has 0 aliphatic rings. The van der Waals surface area contributed by atoms with Gasteiger partial charge in [0.05, 0.1) is 0 Å². The van der Waals surface area contributed by atoms with Crippen molar-refractivity contribution in [1.82, 2.24) is 0 Å². The maximum absolute atomic E-state index is 12.0. The van der Waals surface area contributed by atoms with E-state index in [-0.39, 0.29) is 5.75 Å². The van der Waals surface area contributed by atoms with Gasteiger partial charge in [0.25, 0.3) is 0 Å². The molecule has 0 amide bonds. The van der Waals surface area contributed by atoms with E-state index in [4.69, 9.17) is 0 Å². The molecule has 0 bridgehead atoms. The van der Waals surface area contributed by atoms with Crippen LogP contribution in [-0.4, -0.2) is 6.61 Å². The van der Waals surface area contributed by atoms with Gasteiger partial charge in [0, 0.05) is 12.2 Å². The highest BCUT2D eigenvalue weighted by atomic mass is 19.3. The first-order valence-corrected chi connectivity index (χ1v) is 6.54. The summed E-state index contributed by atoms with van der Waals surface area (Å²) in [5.41, 5.74) is 3.33. The third-order valence-corrected chi connectivity index (χ3v) is 2.98. The largest absolute Gasteiger partial charge is 0.435 e. The third-order valence-electron chi connectivity index (χ3n) is 2.98. The van der Waals surface area contributed by atoms with Crippen LogP contribution in [0.4, 0.5) is 14.5 Å². The summed E-state index contributed by atoms with van der Waals surface area (Å²) in [6, 6.07) is 14.9. The van der Waals surface area contributed by atoms with E-state index in [0.29, 0.717) is 6.54 Å². The first-order valence-electron chi connectivity index (χ1n) is 6.54. The molecule has 0 heterocycles. The maximum Gasteiger partial charge on any atom is 0.387 e. The molecule has 20 heavy (non-hydrogen) atoms. The number of ether oxygens (including phenoxy) is 1. The Morgan fingerprint density at radius 2 is 1.80 bits per heavy atom. The minimum absolute atomic E-state index is 0.178. The molecule has 106 valence electrons. The van der Waals surface area contributed by atoms with Crippen molar-refractivity contribution in [3.8, 4) is 5.75 Å². The Bertz CT molecular complexity index is 540. The fourth-order valence-electron chi connectivity index (χ4n) is 1.89. The molecule has 0 saturated heterocycles. The fourth-order valence-corrected chi connectivity index (χ4v) is 1.89. The van der Waals surface area contributed by atoms with Crippen molar-refractivity contribution in [2.24, 2.45) is 0 Å². The minimum Gasteiger partial charge on any atom is -0.435 e. The van der Waals surface area contributed by atoms with E-state index in [1.165, 1.54) is 5.56 Å². The second-order valence-electron chi connectivity index (χ2n) is 4.43. The van der Waals surface area contributed by atoms with E-state index in [1.807, 2.05) is 12.1 Å². The quantitative estimate of drug-likeness (QED) is 0.841. The van der Waals surface area contributed by atoms with Crippen molar-refractivity contribution < 1.29 is 13.5 Å². The Morgan fingerprint density at radius 1 is 1.05 bits per heavy atom. The highest BCUT2D eigenvalue weighted by molar-refractivity contribution is 5.46. The maximum atomic E-state index is 12.0. The van der Waals surface area contributed by atoms with Crippen LogP contribution in [0.1, 0.15) is 18.1 Å². The second kappa shape index (κ2) is 6.89. The standard InChI is InChI=1S/C16H17F2NO/c1-2-12-4-3-5-14(10-12)19-11-13-6-8-15(9-7-13)20-16(17)18/h3-10,16,19H,2,11H2,1H3. The van der Waals surface area contributed by atoms with Gasteiger partial charge in [-0.2, -0.15) is 8.78 Å². The molecule has 4 heteroatoms. The zero-order valence-corrected chi connectivity index (χ0v) is 11.3. The molecule has 0 aliphatic heterocycles. The summed E-state index contributed by atoms with van der Waals surface area (Å²) < 4.78 is 28.4. The van der Waals surface area contributed by atoms with Crippen LogP contribution in [0, 0.1) is 0 Å². The SMILES string of the molecule is CCc1cccc(NCc2ccc(OC(F)F)cc2)c1. The van der Waals surface area contributed by atoms with Crippen molar-refractivity contribution in [2.75, 3.05) is 5.32 Å². The lowest BCUT2D eigenvalue weighted by Crippen LogP contribution is -2.03. The predicted molar refractivity (Wildman–Crippen MR) is 76.2 cm³/mol. The Balaban J connectivity index is 1.93. The van der Waals surface area contributed by atoms with Crippen molar-refractivity contribution in [2.45, 2.75) is 26.5 Å². The molecule has 0 spiro atoms. The molecule has 0 radical (unpaired) electrons. The Hall–Kier alpha value is -2.10. The predicted octanol–water partition coefficient (Wildman–Crippen LogP) is 4.46. The minimum atomic E-state index is -2.78. The lowest BCUT2D eigenvalue weighted by atomic mass is 10.1. The average molecular weight is 277 g/mol. The van der Waals surface area contributed by atoms with Gasteiger partial charge in [-0.3, -0.25) is 0 Å². The van der Waals surface area contributed by atoms with E-state index >= 15 is 0 Å². The summed E-state index contributed by atoms with van der Waals surface area (Å²) in [4.78, 5) is 0. The average Bonchev–Trinajstić information content (AvgIpc) is 2.46. The summed E-state index contributed by atoms with van der Waals surface area (Å²) in [6.45, 7) is -0.0288. The molecule has 0 aliphatic carbocycles. The number of alkyl halides is 2. The van der Waals surface area contributed by atoms with E-state index in [2.05, 4.69) is 29.1 Å². The zero-order chi connectivity index (χ0) is 14.4. The second-order valence-corrected chi connectivity index (χ2v) is 4.43. The summed E-state index contributed by atoms with van der Waals surface area (Å²) in [5, 5.41) is 3.31. The Morgan fingerprint density at radius 3 is 2.45 bits per heavy atom. The molecule has 0 atom stereocenters. The highest BCUT2D eigenvalue weighted by Crippen LogP contribution is 2.16. The Labute approximate surface area is 117 Å². The van der Waals surface area contributed by atoms with Crippen LogP contribution in [-0.2, 0) is 13.0 Å². The van der Waals surface area contributed by atoms with E-state index in [0.717, 1.165) is 17.7 Å². The Kier molecular flexibility index (Phi) is 4.93. The van der Waals surface area contributed by atoms with Crippen LogP contribution in [0.25, 0.3) is 0 Å². The molecule has 0 unspecified atom stereocenters. The van der Waals surface area contributed by atoms with Gasteiger partial charge in [-0.15, -0.1) is 0 Å². The number of anilines is 1.